The van der Waals surface area contributed by atoms with Gasteiger partial charge in [0, 0.05) is 13.2 Å². The standard InChI is InChI=1S/C17H28FNO/c1-13(2)11-19-12-16(8-9-20-14(3)4)15-6-5-7-17(18)10-15/h5-7,10,13-14,16,19H,8-9,11-12H2,1-4H3. The van der Waals surface area contributed by atoms with Crippen LogP contribution in [0, 0.1) is 11.7 Å². The number of hydrogen-bond donors (Lipinski definition) is 1. The lowest BCUT2D eigenvalue weighted by molar-refractivity contribution is 0.0732. The Morgan fingerprint density at radius 2 is 1.90 bits per heavy atom. The van der Waals surface area contributed by atoms with Crippen LogP contribution in [0.5, 0.6) is 0 Å². The van der Waals surface area contributed by atoms with Gasteiger partial charge in [-0.15, -0.1) is 0 Å². The van der Waals surface area contributed by atoms with Crippen molar-refractivity contribution in [2.24, 2.45) is 5.92 Å². The first-order chi connectivity index (χ1) is 9.49. The van der Waals surface area contributed by atoms with Gasteiger partial charge in [-0.05, 0) is 56.3 Å². The van der Waals surface area contributed by atoms with Crippen molar-refractivity contribution in [3.05, 3.63) is 35.6 Å². The third-order valence-electron chi connectivity index (χ3n) is 3.18. The Morgan fingerprint density at radius 1 is 1.15 bits per heavy atom. The summed E-state index contributed by atoms with van der Waals surface area (Å²) in [5.74, 6) is 0.749. The second kappa shape index (κ2) is 9.09. The van der Waals surface area contributed by atoms with E-state index in [1.807, 2.05) is 19.9 Å². The molecule has 3 heteroatoms. The first-order valence-electron chi connectivity index (χ1n) is 7.56. The number of hydrogen-bond acceptors (Lipinski definition) is 2. The van der Waals surface area contributed by atoms with Gasteiger partial charge in [-0.25, -0.2) is 4.39 Å². The molecule has 1 aromatic carbocycles. The summed E-state index contributed by atoms with van der Waals surface area (Å²) in [6, 6.07) is 6.91. The van der Waals surface area contributed by atoms with E-state index in [9.17, 15) is 4.39 Å². The molecule has 0 aliphatic carbocycles. The molecule has 0 saturated heterocycles. The van der Waals surface area contributed by atoms with Gasteiger partial charge in [-0.2, -0.15) is 0 Å². The van der Waals surface area contributed by atoms with Crippen molar-refractivity contribution in [2.45, 2.75) is 46.1 Å². The van der Waals surface area contributed by atoms with Gasteiger partial charge < -0.3 is 10.1 Å². The largest absolute Gasteiger partial charge is 0.379 e. The molecule has 114 valence electrons. The summed E-state index contributed by atoms with van der Waals surface area (Å²) in [5, 5.41) is 3.46. The summed E-state index contributed by atoms with van der Waals surface area (Å²) in [6.45, 7) is 11.0. The molecule has 20 heavy (non-hydrogen) atoms. The zero-order valence-corrected chi connectivity index (χ0v) is 13.2. The Kier molecular flexibility index (Phi) is 7.78. The van der Waals surface area contributed by atoms with Crippen LogP contribution in [0.25, 0.3) is 0 Å². The normalized spacial score (nSPS) is 13.2. The van der Waals surface area contributed by atoms with Gasteiger partial charge in [0.25, 0.3) is 0 Å². The quantitative estimate of drug-likeness (QED) is 0.739. The molecule has 2 nitrogen and oxygen atoms in total. The maximum atomic E-state index is 13.4. The molecule has 1 N–H and O–H groups in total. The highest BCUT2D eigenvalue weighted by molar-refractivity contribution is 5.21. The zero-order chi connectivity index (χ0) is 15.0. The molecule has 0 saturated carbocycles. The van der Waals surface area contributed by atoms with E-state index in [1.165, 1.54) is 6.07 Å². The number of benzene rings is 1. The van der Waals surface area contributed by atoms with Crippen molar-refractivity contribution in [2.75, 3.05) is 19.7 Å². The van der Waals surface area contributed by atoms with E-state index in [-0.39, 0.29) is 11.9 Å². The van der Waals surface area contributed by atoms with Crippen LogP contribution < -0.4 is 5.32 Å². The molecule has 0 aliphatic rings. The molecule has 1 unspecified atom stereocenters. The second-order valence-corrected chi connectivity index (χ2v) is 6.01. The third-order valence-corrected chi connectivity index (χ3v) is 3.18. The van der Waals surface area contributed by atoms with Crippen molar-refractivity contribution in [1.29, 1.82) is 0 Å². The molecule has 1 aromatic rings. The predicted octanol–water partition coefficient (Wildman–Crippen LogP) is 3.97. The molecule has 0 spiro atoms. The lowest BCUT2D eigenvalue weighted by Gasteiger charge is -2.20. The summed E-state index contributed by atoms with van der Waals surface area (Å²) in [6.07, 6.45) is 1.15. The summed E-state index contributed by atoms with van der Waals surface area (Å²) in [7, 11) is 0. The van der Waals surface area contributed by atoms with Gasteiger partial charge in [0.1, 0.15) is 5.82 Å². The maximum absolute atomic E-state index is 13.4. The average molecular weight is 281 g/mol. The van der Waals surface area contributed by atoms with Crippen LogP contribution in [0.2, 0.25) is 0 Å². The number of halogens is 1. The molecule has 0 radical (unpaired) electrons. The topological polar surface area (TPSA) is 21.3 Å². The summed E-state index contributed by atoms with van der Waals surface area (Å²) in [5.41, 5.74) is 1.05. The predicted molar refractivity (Wildman–Crippen MR) is 82.6 cm³/mol. The molecular weight excluding hydrogens is 253 g/mol. The number of nitrogens with one attached hydrogen (secondary N) is 1. The van der Waals surface area contributed by atoms with E-state index in [0.29, 0.717) is 18.4 Å². The third kappa shape index (κ3) is 7.01. The van der Waals surface area contributed by atoms with Gasteiger partial charge >= 0.3 is 0 Å². The van der Waals surface area contributed by atoms with Gasteiger partial charge in [-0.3, -0.25) is 0 Å². The van der Waals surface area contributed by atoms with Crippen molar-refractivity contribution in [3.63, 3.8) is 0 Å². The highest BCUT2D eigenvalue weighted by Gasteiger charge is 2.12. The fraction of sp³-hybridized carbons (Fsp3) is 0.647. The molecule has 0 fully saturated rings. The Hall–Kier alpha value is -0.930. The Morgan fingerprint density at radius 3 is 2.50 bits per heavy atom. The van der Waals surface area contributed by atoms with Crippen LogP contribution in [-0.2, 0) is 4.74 Å². The van der Waals surface area contributed by atoms with Gasteiger partial charge in [0.2, 0.25) is 0 Å². The zero-order valence-electron chi connectivity index (χ0n) is 13.2. The lowest BCUT2D eigenvalue weighted by atomic mass is 9.95. The molecule has 0 aromatic heterocycles. The van der Waals surface area contributed by atoms with E-state index >= 15 is 0 Å². The Balaban J connectivity index is 2.58. The van der Waals surface area contributed by atoms with Crippen molar-refractivity contribution >= 4 is 0 Å². The minimum atomic E-state index is -0.166. The Bertz CT molecular complexity index is 365. The maximum Gasteiger partial charge on any atom is 0.123 e. The first-order valence-corrected chi connectivity index (χ1v) is 7.56. The molecule has 0 bridgehead atoms. The minimum absolute atomic E-state index is 0.166. The summed E-state index contributed by atoms with van der Waals surface area (Å²) in [4.78, 5) is 0. The minimum Gasteiger partial charge on any atom is -0.379 e. The average Bonchev–Trinajstić information content (AvgIpc) is 2.36. The van der Waals surface area contributed by atoms with Crippen LogP contribution >= 0.6 is 0 Å². The number of rotatable bonds is 9. The van der Waals surface area contributed by atoms with Crippen LogP contribution in [0.1, 0.15) is 45.6 Å². The monoisotopic (exact) mass is 281 g/mol. The van der Waals surface area contributed by atoms with E-state index in [0.717, 1.165) is 25.1 Å². The second-order valence-electron chi connectivity index (χ2n) is 6.01. The van der Waals surface area contributed by atoms with Gasteiger partial charge in [0.05, 0.1) is 6.10 Å². The Labute approximate surface area is 122 Å². The first kappa shape index (κ1) is 17.1. The van der Waals surface area contributed by atoms with Crippen LogP contribution in [0.15, 0.2) is 24.3 Å². The fourth-order valence-corrected chi connectivity index (χ4v) is 2.14. The van der Waals surface area contributed by atoms with Crippen molar-refractivity contribution in [1.82, 2.24) is 5.32 Å². The SMILES string of the molecule is CC(C)CNCC(CCOC(C)C)c1cccc(F)c1. The van der Waals surface area contributed by atoms with Crippen LogP contribution in [-0.4, -0.2) is 25.8 Å². The van der Waals surface area contributed by atoms with Crippen molar-refractivity contribution < 1.29 is 9.13 Å². The van der Waals surface area contributed by atoms with Crippen molar-refractivity contribution in [3.8, 4) is 0 Å². The van der Waals surface area contributed by atoms with Gasteiger partial charge in [0.15, 0.2) is 0 Å². The van der Waals surface area contributed by atoms with E-state index in [2.05, 4.69) is 19.2 Å². The van der Waals surface area contributed by atoms with E-state index in [1.54, 1.807) is 12.1 Å². The van der Waals surface area contributed by atoms with Gasteiger partial charge in [-0.1, -0.05) is 26.0 Å². The van der Waals surface area contributed by atoms with Crippen LogP contribution in [0.4, 0.5) is 4.39 Å². The fourth-order valence-electron chi connectivity index (χ4n) is 2.14. The summed E-state index contributed by atoms with van der Waals surface area (Å²) >= 11 is 0. The molecule has 1 atom stereocenters. The number of ether oxygens (including phenoxy) is 1. The van der Waals surface area contributed by atoms with Crippen LogP contribution in [0.3, 0.4) is 0 Å². The highest BCUT2D eigenvalue weighted by Crippen LogP contribution is 2.20. The van der Waals surface area contributed by atoms with E-state index in [4.69, 9.17) is 4.74 Å². The van der Waals surface area contributed by atoms with E-state index < -0.39 is 0 Å². The molecular formula is C17H28FNO. The molecule has 1 rings (SSSR count). The summed E-state index contributed by atoms with van der Waals surface area (Å²) < 4.78 is 19.0. The molecule has 0 amide bonds. The lowest BCUT2D eigenvalue weighted by Crippen LogP contribution is -2.26. The highest BCUT2D eigenvalue weighted by atomic mass is 19.1. The molecule has 0 aliphatic heterocycles. The smallest absolute Gasteiger partial charge is 0.123 e. The molecule has 0 heterocycles.